The molecule has 8 nitrogen and oxygen atoms in total. The zero-order valence-corrected chi connectivity index (χ0v) is 9.92. The molecule has 102 valence electrons. The largest absolute Gasteiger partial charge is 0.394 e. The number of nitrogen functional groups attached to an aromatic ring is 1. The quantitative estimate of drug-likeness (QED) is 0.519. The number of fused-ring (bicyclic) bond motifs is 1. The molecule has 5 N–H and O–H groups in total. The van der Waals surface area contributed by atoms with Crippen LogP contribution in [0.2, 0.25) is 0 Å². The Bertz CT molecular complexity index is 601. The minimum atomic E-state index is -1.14. The van der Waals surface area contributed by atoms with Crippen LogP contribution in [0.1, 0.15) is 11.8 Å². The van der Waals surface area contributed by atoms with Crippen molar-refractivity contribution in [3.8, 4) is 0 Å². The van der Waals surface area contributed by atoms with Gasteiger partial charge in [-0.1, -0.05) is 0 Å². The lowest BCUT2D eigenvalue weighted by Gasteiger charge is -2.14. The Hall–Kier alpha value is -1.74. The van der Waals surface area contributed by atoms with E-state index in [0.717, 1.165) is 0 Å². The average Bonchev–Trinajstić information content (AvgIpc) is 2.94. The van der Waals surface area contributed by atoms with Gasteiger partial charge in [0.2, 0.25) is 0 Å². The van der Waals surface area contributed by atoms with Crippen LogP contribution in [-0.4, -0.2) is 54.8 Å². The van der Waals surface area contributed by atoms with Crippen LogP contribution in [0.5, 0.6) is 0 Å². The summed E-state index contributed by atoms with van der Waals surface area (Å²) < 4.78 is 6.96. The van der Waals surface area contributed by atoms with Crippen molar-refractivity contribution in [2.24, 2.45) is 0 Å². The smallest absolute Gasteiger partial charge is 0.151 e. The molecule has 0 bridgehead atoms. The van der Waals surface area contributed by atoms with Gasteiger partial charge in [-0.2, -0.15) is 5.10 Å². The number of nitrogens with zero attached hydrogens (tertiary/aromatic N) is 3. The highest BCUT2D eigenvalue weighted by Crippen LogP contribution is 2.34. The molecule has 0 aliphatic carbocycles. The van der Waals surface area contributed by atoms with E-state index < -0.39 is 24.4 Å². The summed E-state index contributed by atoms with van der Waals surface area (Å²) in [5.74, 6) is 0.313. The molecule has 0 amide bonds. The molecule has 4 atom stereocenters. The lowest BCUT2D eigenvalue weighted by molar-refractivity contribution is -0.0244. The molecule has 0 aromatic carbocycles. The molecule has 3 heterocycles. The fourth-order valence-corrected chi connectivity index (χ4v) is 2.33. The number of hydrogen-bond acceptors (Lipinski definition) is 7. The van der Waals surface area contributed by atoms with Crippen molar-refractivity contribution in [3.63, 3.8) is 0 Å². The maximum absolute atomic E-state index is 9.99. The third kappa shape index (κ3) is 1.77. The molecule has 2 aromatic rings. The fraction of sp³-hybridized carbons (Fsp3) is 0.455. The van der Waals surface area contributed by atoms with Crippen LogP contribution < -0.4 is 5.73 Å². The lowest BCUT2D eigenvalue weighted by Crippen LogP contribution is -2.32. The van der Waals surface area contributed by atoms with Crippen molar-refractivity contribution >= 4 is 11.3 Å². The number of hydrogen-bond donors (Lipinski definition) is 4. The van der Waals surface area contributed by atoms with Crippen molar-refractivity contribution in [2.75, 3.05) is 12.3 Å². The summed E-state index contributed by atoms with van der Waals surface area (Å²) in [6, 6.07) is 3.40. The maximum Gasteiger partial charge on any atom is 0.151 e. The lowest BCUT2D eigenvalue weighted by atomic mass is 10.1. The standard InChI is InChI=1S/C11H14N4O4/c12-11-6-2-1-5(15(6)14-4-13-11)10-9(18)8(17)7(3-16)19-10/h1-2,4,7-10,16-18H,3H2,(H2,12,13,14)/t7-,8-,9-,10?/m1/s1. The summed E-state index contributed by atoms with van der Waals surface area (Å²) in [5.41, 5.74) is 6.86. The van der Waals surface area contributed by atoms with Crippen LogP contribution in [0, 0.1) is 0 Å². The van der Waals surface area contributed by atoms with E-state index in [0.29, 0.717) is 17.0 Å². The van der Waals surface area contributed by atoms with Gasteiger partial charge in [-0.25, -0.2) is 9.50 Å². The maximum atomic E-state index is 9.99. The van der Waals surface area contributed by atoms with Gasteiger partial charge >= 0.3 is 0 Å². The molecule has 1 fully saturated rings. The highest BCUT2D eigenvalue weighted by Gasteiger charge is 2.44. The Morgan fingerprint density at radius 3 is 2.79 bits per heavy atom. The average molecular weight is 266 g/mol. The Kier molecular flexibility index (Phi) is 2.86. The van der Waals surface area contributed by atoms with Crippen LogP contribution in [0.4, 0.5) is 5.82 Å². The Morgan fingerprint density at radius 1 is 1.32 bits per heavy atom. The van der Waals surface area contributed by atoms with Gasteiger partial charge in [0.15, 0.2) is 5.82 Å². The van der Waals surface area contributed by atoms with Gasteiger partial charge in [-0.15, -0.1) is 0 Å². The van der Waals surface area contributed by atoms with Crippen LogP contribution >= 0.6 is 0 Å². The van der Waals surface area contributed by atoms with Crippen LogP contribution in [0.15, 0.2) is 18.5 Å². The number of anilines is 1. The first kappa shape index (κ1) is 12.3. The van der Waals surface area contributed by atoms with E-state index in [4.69, 9.17) is 15.6 Å². The number of rotatable bonds is 2. The molecule has 1 unspecified atom stereocenters. The molecule has 0 spiro atoms. The van der Waals surface area contributed by atoms with Crippen molar-refractivity contribution in [1.29, 1.82) is 0 Å². The summed E-state index contributed by atoms with van der Waals surface area (Å²) >= 11 is 0. The molecule has 3 rings (SSSR count). The monoisotopic (exact) mass is 266 g/mol. The van der Waals surface area contributed by atoms with Crippen LogP contribution in [0.3, 0.4) is 0 Å². The first-order valence-electron chi connectivity index (χ1n) is 5.84. The van der Waals surface area contributed by atoms with Gasteiger partial charge in [0.1, 0.15) is 36.3 Å². The molecular weight excluding hydrogens is 252 g/mol. The summed E-state index contributed by atoms with van der Waals surface area (Å²) in [5, 5.41) is 32.9. The van der Waals surface area contributed by atoms with Crippen molar-refractivity contribution in [1.82, 2.24) is 14.6 Å². The summed E-state index contributed by atoms with van der Waals surface area (Å²) in [6.07, 6.45) is -2.56. The predicted octanol–water partition coefficient (Wildman–Crippen LogP) is -1.53. The third-order valence-electron chi connectivity index (χ3n) is 3.34. The van der Waals surface area contributed by atoms with E-state index in [9.17, 15) is 10.2 Å². The molecule has 2 aromatic heterocycles. The van der Waals surface area contributed by atoms with E-state index in [1.54, 1.807) is 12.1 Å². The van der Waals surface area contributed by atoms with E-state index in [1.807, 2.05) is 0 Å². The Labute approximate surface area is 108 Å². The topological polar surface area (TPSA) is 126 Å². The van der Waals surface area contributed by atoms with Gasteiger partial charge < -0.3 is 25.8 Å². The number of aliphatic hydroxyl groups is 3. The number of ether oxygens (including phenoxy) is 1. The van der Waals surface area contributed by atoms with E-state index in [1.165, 1.54) is 10.8 Å². The van der Waals surface area contributed by atoms with Crippen molar-refractivity contribution in [3.05, 3.63) is 24.2 Å². The molecule has 1 aliphatic rings. The highest BCUT2D eigenvalue weighted by atomic mass is 16.6. The van der Waals surface area contributed by atoms with Crippen molar-refractivity contribution < 1.29 is 20.1 Å². The van der Waals surface area contributed by atoms with Crippen molar-refractivity contribution in [2.45, 2.75) is 24.4 Å². The van der Waals surface area contributed by atoms with Gasteiger partial charge in [0, 0.05) is 0 Å². The first-order valence-corrected chi connectivity index (χ1v) is 5.84. The molecule has 19 heavy (non-hydrogen) atoms. The minimum Gasteiger partial charge on any atom is -0.394 e. The van der Waals surface area contributed by atoms with E-state index >= 15 is 0 Å². The zero-order chi connectivity index (χ0) is 13.6. The van der Waals surface area contributed by atoms with Crippen LogP contribution in [-0.2, 0) is 4.74 Å². The molecule has 1 saturated heterocycles. The number of aromatic nitrogens is 3. The second kappa shape index (κ2) is 4.42. The Morgan fingerprint density at radius 2 is 2.11 bits per heavy atom. The summed E-state index contributed by atoms with van der Waals surface area (Å²) in [7, 11) is 0. The van der Waals surface area contributed by atoms with Gasteiger partial charge in [0.25, 0.3) is 0 Å². The fourth-order valence-electron chi connectivity index (χ4n) is 2.33. The number of aliphatic hydroxyl groups excluding tert-OH is 3. The molecule has 8 heteroatoms. The normalized spacial score (nSPS) is 31.1. The predicted molar refractivity (Wildman–Crippen MR) is 64.1 cm³/mol. The summed E-state index contributed by atoms with van der Waals surface area (Å²) in [4.78, 5) is 3.87. The molecule has 0 radical (unpaired) electrons. The highest BCUT2D eigenvalue weighted by molar-refractivity contribution is 5.65. The SMILES string of the molecule is Nc1ncnn2c(C3O[C@H](CO)[C@@H](O)[C@H]3O)ccc12. The molecule has 0 saturated carbocycles. The zero-order valence-electron chi connectivity index (χ0n) is 9.92. The Balaban J connectivity index is 2.04. The van der Waals surface area contributed by atoms with Gasteiger partial charge in [-0.3, -0.25) is 0 Å². The van der Waals surface area contributed by atoms with E-state index in [2.05, 4.69) is 10.1 Å². The van der Waals surface area contributed by atoms with Gasteiger partial charge in [0.05, 0.1) is 12.3 Å². The molecule has 1 aliphatic heterocycles. The summed E-state index contributed by atoms with van der Waals surface area (Å²) in [6.45, 7) is -0.366. The van der Waals surface area contributed by atoms with E-state index in [-0.39, 0.29) is 6.61 Å². The number of nitrogens with two attached hydrogens (primary N) is 1. The van der Waals surface area contributed by atoms with Crippen LogP contribution in [0.25, 0.3) is 5.52 Å². The second-order valence-corrected chi connectivity index (χ2v) is 4.46. The first-order chi connectivity index (χ1) is 9.13. The van der Waals surface area contributed by atoms with Gasteiger partial charge in [-0.05, 0) is 12.1 Å². The third-order valence-corrected chi connectivity index (χ3v) is 3.34. The molecular formula is C11H14N4O4. The second-order valence-electron chi connectivity index (χ2n) is 4.46. The minimum absolute atomic E-state index is 0.313.